The van der Waals surface area contributed by atoms with Crippen molar-refractivity contribution in [3.63, 3.8) is 0 Å². The fourth-order valence-corrected chi connectivity index (χ4v) is 2.90. The molecule has 5 heteroatoms. The Morgan fingerprint density at radius 3 is 2.76 bits per heavy atom. The normalized spacial score (nSPS) is 20.5. The Kier molecular flexibility index (Phi) is 4.58. The lowest BCUT2D eigenvalue weighted by Crippen LogP contribution is -2.34. The van der Waals surface area contributed by atoms with Crippen LogP contribution in [0.2, 0.25) is 0 Å². The zero-order valence-electron chi connectivity index (χ0n) is 12.9. The molecule has 3 rings (SSSR count). The average Bonchev–Trinajstić information content (AvgIpc) is 3.32. The minimum atomic E-state index is 0.0244. The van der Waals surface area contributed by atoms with Crippen molar-refractivity contribution in [2.75, 3.05) is 24.5 Å². The molecule has 1 aromatic heterocycles. The molecule has 0 aromatic carbocycles. The Morgan fingerprint density at radius 2 is 2.10 bits per heavy atom. The van der Waals surface area contributed by atoms with Crippen LogP contribution in [0.25, 0.3) is 0 Å². The van der Waals surface area contributed by atoms with E-state index in [0.717, 1.165) is 31.4 Å². The van der Waals surface area contributed by atoms with Crippen LogP contribution in [0.5, 0.6) is 0 Å². The van der Waals surface area contributed by atoms with E-state index in [4.69, 9.17) is 0 Å². The number of nitrogens with one attached hydrogen (secondary N) is 1. The fourth-order valence-electron chi connectivity index (χ4n) is 2.90. The van der Waals surface area contributed by atoms with Crippen molar-refractivity contribution in [2.24, 2.45) is 5.92 Å². The van der Waals surface area contributed by atoms with E-state index >= 15 is 0 Å². The van der Waals surface area contributed by atoms with Crippen LogP contribution in [0, 0.1) is 5.92 Å². The van der Waals surface area contributed by atoms with Crippen LogP contribution in [0.3, 0.4) is 0 Å². The zero-order valence-corrected chi connectivity index (χ0v) is 12.9. The molecular formula is C16H26N4O. The van der Waals surface area contributed by atoms with Gasteiger partial charge in [-0.05, 0) is 44.6 Å². The second-order valence-electron chi connectivity index (χ2n) is 6.57. The van der Waals surface area contributed by atoms with Crippen molar-refractivity contribution in [3.05, 3.63) is 22.6 Å². The van der Waals surface area contributed by atoms with Gasteiger partial charge in [-0.3, -0.25) is 4.79 Å². The lowest BCUT2D eigenvalue weighted by molar-refractivity contribution is 0.409. The van der Waals surface area contributed by atoms with Gasteiger partial charge in [0.05, 0.1) is 11.9 Å². The summed E-state index contributed by atoms with van der Waals surface area (Å²) in [6, 6.07) is 2.47. The minimum Gasteiger partial charge on any atom is -0.370 e. The lowest BCUT2D eigenvalue weighted by atomic mass is 10.1. The molecule has 1 aromatic rings. The highest BCUT2D eigenvalue weighted by Crippen LogP contribution is 2.19. The standard InChI is InChI=1S/C16H26N4O/c1-13(10-17-14-5-6-14)12-20-16(21)9-15(11-18-20)19-7-3-2-4-8-19/h9,11,13-14,17H,2-8,10,12H2,1H3. The van der Waals surface area contributed by atoms with Gasteiger partial charge in [0.2, 0.25) is 0 Å². The van der Waals surface area contributed by atoms with Crippen molar-refractivity contribution in [1.29, 1.82) is 0 Å². The number of hydrogen-bond donors (Lipinski definition) is 1. The van der Waals surface area contributed by atoms with Crippen LogP contribution in [-0.2, 0) is 6.54 Å². The van der Waals surface area contributed by atoms with Crippen LogP contribution in [0.1, 0.15) is 39.0 Å². The molecule has 21 heavy (non-hydrogen) atoms. The van der Waals surface area contributed by atoms with E-state index in [-0.39, 0.29) is 5.56 Å². The molecule has 1 atom stereocenters. The molecule has 2 aliphatic rings. The minimum absolute atomic E-state index is 0.0244. The molecule has 116 valence electrons. The number of rotatable bonds is 6. The maximum Gasteiger partial charge on any atom is 0.268 e. The van der Waals surface area contributed by atoms with Gasteiger partial charge in [0.25, 0.3) is 5.56 Å². The summed E-state index contributed by atoms with van der Waals surface area (Å²) in [6.45, 7) is 5.92. The number of nitrogens with zero attached hydrogens (tertiary/aromatic N) is 3. The van der Waals surface area contributed by atoms with Gasteiger partial charge >= 0.3 is 0 Å². The largest absolute Gasteiger partial charge is 0.370 e. The molecule has 0 amide bonds. The zero-order chi connectivity index (χ0) is 14.7. The van der Waals surface area contributed by atoms with Gasteiger partial charge in [0.15, 0.2) is 0 Å². The molecule has 2 heterocycles. The summed E-state index contributed by atoms with van der Waals surface area (Å²) < 4.78 is 1.60. The van der Waals surface area contributed by atoms with E-state index in [1.165, 1.54) is 32.1 Å². The van der Waals surface area contributed by atoms with Crippen molar-refractivity contribution < 1.29 is 0 Å². The maximum atomic E-state index is 12.2. The molecule has 1 saturated heterocycles. The van der Waals surface area contributed by atoms with Gasteiger partial charge < -0.3 is 10.2 Å². The first-order valence-corrected chi connectivity index (χ1v) is 8.28. The third kappa shape index (κ3) is 4.06. The Balaban J connectivity index is 1.59. The fraction of sp³-hybridized carbons (Fsp3) is 0.750. The van der Waals surface area contributed by atoms with Crippen molar-refractivity contribution in [3.8, 4) is 0 Å². The van der Waals surface area contributed by atoms with Crippen LogP contribution in [0.4, 0.5) is 5.69 Å². The molecule has 0 radical (unpaired) electrons. The highest BCUT2D eigenvalue weighted by atomic mass is 16.1. The van der Waals surface area contributed by atoms with Gasteiger partial charge in [-0.15, -0.1) is 0 Å². The third-order valence-corrected chi connectivity index (χ3v) is 4.39. The van der Waals surface area contributed by atoms with Crippen LogP contribution in [-0.4, -0.2) is 35.5 Å². The first-order valence-electron chi connectivity index (χ1n) is 8.28. The molecule has 1 aliphatic heterocycles. The van der Waals surface area contributed by atoms with E-state index < -0.39 is 0 Å². The van der Waals surface area contributed by atoms with Gasteiger partial charge in [0.1, 0.15) is 0 Å². The molecule has 1 N–H and O–H groups in total. The van der Waals surface area contributed by atoms with E-state index in [0.29, 0.717) is 12.5 Å². The Hall–Kier alpha value is -1.36. The predicted octanol–water partition coefficient (Wildman–Crippen LogP) is 1.62. The third-order valence-electron chi connectivity index (χ3n) is 4.39. The maximum absolute atomic E-state index is 12.2. The van der Waals surface area contributed by atoms with Crippen LogP contribution >= 0.6 is 0 Å². The molecule has 0 spiro atoms. The van der Waals surface area contributed by atoms with Gasteiger partial charge in [-0.25, -0.2) is 4.68 Å². The number of aromatic nitrogens is 2. The van der Waals surface area contributed by atoms with Gasteiger partial charge in [-0.1, -0.05) is 6.92 Å². The molecule has 1 aliphatic carbocycles. The van der Waals surface area contributed by atoms with Crippen molar-refractivity contribution in [1.82, 2.24) is 15.1 Å². The second kappa shape index (κ2) is 6.60. The summed E-state index contributed by atoms with van der Waals surface area (Å²) in [7, 11) is 0. The molecule has 1 saturated carbocycles. The summed E-state index contributed by atoms with van der Waals surface area (Å²) in [5.74, 6) is 0.427. The van der Waals surface area contributed by atoms with Crippen LogP contribution < -0.4 is 15.8 Å². The number of hydrogen-bond acceptors (Lipinski definition) is 4. The molecule has 0 bridgehead atoms. The summed E-state index contributed by atoms with van der Waals surface area (Å²) in [5.41, 5.74) is 1.01. The van der Waals surface area contributed by atoms with Gasteiger partial charge in [0, 0.05) is 31.7 Å². The monoisotopic (exact) mass is 290 g/mol. The predicted molar refractivity (Wildman–Crippen MR) is 84.7 cm³/mol. The first kappa shape index (κ1) is 14.6. The highest BCUT2D eigenvalue weighted by molar-refractivity contribution is 5.43. The SMILES string of the molecule is CC(CNC1CC1)Cn1ncc(N2CCCCC2)cc1=O. The summed E-state index contributed by atoms with van der Waals surface area (Å²) in [5, 5.41) is 7.88. The van der Waals surface area contributed by atoms with E-state index in [9.17, 15) is 4.79 Å². The molecular weight excluding hydrogens is 264 g/mol. The van der Waals surface area contributed by atoms with Gasteiger partial charge in [-0.2, -0.15) is 5.10 Å². The lowest BCUT2D eigenvalue weighted by Gasteiger charge is -2.28. The summed E-state index contributed by atoms with van der Waals surface area (Å²) in [4.78, 5) is 14.5. The van der Waals surface area contributed by atoms with Crippen LogP contribution in [0.15, 0.2) is 17.1 Å². The second-order valence-corrected chi connectivity index (χ2v) is 6.57. The summed E-state index contributed by atoms with van der Waals surface area (Å²) in [6.07, 6.45) is 8.19. The molecule has 2 fully saturated rings. The van der Waals surface area contributed by atoms with Crippen molar-refractivity contribution >= 4 is 5.69 Å². The molecule has 5 nitrogen and oxygen atoms in total. The quantitative estimate of drug-likeness (QED) is 0.865. The number of piperidine rings is 1. The Labute approximate surface area is 126 Å². The van der Waals surface area contributed by atoms with E-state index in [1.54, 1.807) is 10.7 Å². The topological polar surface area (TPSA) is 50.2 Å². The Morgan fingerprint density at radius 1 is 1.33 bits per heavy atom. The first-order chi connectivity index (χ1) is 10.2. The smallest absolute Gasteiger partial charge is 0.268 e. The molecule has 1 unspecified atom stereocenters. The van der Waals surface area contributed by atoms with E-state index in [2.05, 4.69) is 22.2 Å². The van der Waals surface area contributed by atoms with Crippen molar-refractivity contribution in [2.45, 2.75) is 51.6 Å². The van der Waals surface area contributed by atoms with E-state index in [1.807, 2.05) is 6.20 Å². The number of anilines is 1. The Bertz CT molecular complexity index is 517. The average molecular weight is 290 g/mol. The summed E-state index contributed by atoms with van der Waals surface area (Å²) >= 11 is 0. The highest BCUT2D eigenvalue weighted by Gasteiger charge is 2.21.